The SMILES string of the molecule is O=C(CCCOc1cccc(Cl)c1Cl)N1CCN(S(=O)(=O)c2cccnc2)CC1. The van der Waals surface area contributed by atoms with Gasteiger partial charge in [0.15, 0.2) is 0 Å². The molecule has 1 aliphatic rings. The van der Waals surface area contributed by atoms with Crippen LogP contribution in [-0.4, -0.2) is 61.3 Å². The Morgan fingerprint density at radius 3 is 2.55 bits per heavy atom. The number of piperazine rings is 1. The zero-order valence-corrected chi connectivity index (χ0v) is 18.0. The molecule has 0 unspecified atom stereocenters. The lowest BCUT2D eigenvalue weighted by atomic mass is 10.2. The maximum Gasteiger partial charge on any atom is 0.244 e. The Morgan fingerprint density at radius 1 is 1.10 bits per heavy atom. The Bertz CT molecular complexity index is 949. The number of carbonyl (C=O) groups is 1. The second-order valence-electron chi connectivity index (χ2n) is 6.48. The lowest BCUT2D eigenvalue weighted by Crippen LogP contribution is -2.50. The van der Waals surface area contributed by atoms with Crippen molar-refractivity contribution in [3.05, 3.63) is 52.8 Å². The highest BCUT2D eigenvalue weighted by molar-refractivity contribution is 7.89. The molecule has 0 atom stereocenters. The number of amides is 1. The van der Waals surface area contributed by atoms with Crippen LogP contribution in [0.3, 0.4) is 0 Å². The number of carbonyl (C=O) groups excluding carboxylic acids is 1. The Morgan fingerprint density at radius 2 is 1.86 bits per heavy atom. The summed E-state index contributed by atoms with van der Waals surface area (Å²) in [4.78, 5) is 18.1. The molecule has 2 heterocycles. The summed E-state index contributed by atoms with van der Waals surface area (Å²) < 4.78 is 32.2. The van der Waals surface area contributed by atoms with Crippen molar-refractivity contribution < 1.29 is 17.9 Å². The Balaban J connectivity index is 1.44. The van der Waals surface area contributed by atoms with Gasteiger partial charge >= 0.3 is 0 Å². The number of hydrogen-bond acceptors (Lipinski definition) is 5. The molecule has 10 heteroatoms. The molecular weight excluding hydrogens is 437 g/mol. The molecule has 0 bridgehead atoms. The van der Waals surface area contributed by atoms with Crippen LogP contribution in [0, 0.1) is 0 Å². The lowest BCUT2D eigenvalue weighted by molar-refractivity contribution is -0.132. The van der Waals surface area contributed by atoms with E-state index >= 15 is 0 Å². The van der Waals surface area contributed by atoms with E-state index in [0.717, 1.165) is 0 Å². The number of hydrogen-bond donors (Lipinski definition) is 0. The molecule has 7 nitrogen and oxygen atoms in total. The van der Waals surface area contributed by atoms with Crippen LogP contribution in [0.4, 0.5) is 0 Å². The normalized spacial score (nSPS) is 15.3. The predicted molar refractivity (Wildman–Crippen MR) is 111 cm³/mol. The molecule has 2 aromatic rings. The molecule has 29 heavy (non-hydrogen) atoms. The fraction of sp³-hybridized carbons (Fsp3) is 0.368. The Hall–Kier alpha value is -1.87. The van der Waals surface area contributed by atoms with Gasteiger partial charge in [-0.15, -0.1) is 0 Å². The summed E-state index contributed by atoms with van der Waals surface area (Å²) in [6, 6.07) is 8.25. The maximum absolute atomic E-state index is 12.6. The number of ether oxygens (including phenoxy) is 1. The predicted octanol–water partition coefficient (Wildman–Crippen LogP) is 3.08. The highest BCUT2D eigenvalue weighted by Crippen LogP contribution is 2.31. The van der Waals surface area contributed by atoms with Crippen LogP contribution < -0.4 is 4.74 Å². The van der Waals surface area contributed by atoms with Crippen LogP contribution in [0.25, 0.3) is 0 Å². The molecule has 0 aliphatic carbocycles. The number of nitrogens with zero attached hydrogens (tertiary/aromatic N) is 3. The van der Waals surface area contributed by atoms with Crippen LogP contribution >= 0.6 is 23.2 Å². The second kappa shape index (κ2) is 9.75. The third-order valence-corrected chi connectivity index (χ3v) is 7.26. The van der Waals surface area contributed by atoms with Gasteiger partial charge in [0.05, 0.1) is 11.6 Å². The third kappa shape index (κ3) is 5.39. The number of pyridine rings is 1. The zero-order valence-electron chi connectivity index (χ0n) is 15.6. The van der Waals surface area contributed by atoms with Crippen molar-refractivity contribution in [2.45, 2.75) is 17.7 Å². The van der Waals surface area contributed by atoms with E-state index in [1.807, 2.05) is 0 Å². The number of sulfonamides is 1. The molecule has 1 aromatic heterocycles. The first kappa shape index (κ1) is 21.8. The molecular formula is C19H21Cl2N3O4S. The summed E-state index contributed by atoms with van der Waals surface area (Å²) in [5.74, 6) is 0.463. The minimum absolute atomic E-state index is 0.0239. The van der Waals surface area contributed by atoms with Crippen LogP contribution in [-0.2, 0) is 14.8 Å². The smallest absolute Gasteiger partial charge is 0.244 e. The molecule has 3 rings (SSSR count). The van der Waals surface area contributed by atoms with Crippen molar-refractivity contribution in [2.24, 2.45) is 0 Å². The van der Waals surface area contributed by atoms with Crippen molar-refractivity contribution >= 4 is 39.1 Å². The molecule has 0 N–H and O–H groups in total. The van der Waals surface area contributed by atoms with Gasteiger partial charge < -0.3 is 9.64 Å². The van der Waals surface area contributed by atoms with Crippen molar-refractivity contribution in [1.82, 2.24) is 14.2 Å². The monoisotopic (exact) mass is 457 g/mol. The van der Waals surface area contributed by atoms with E-state index in [-0.39, 0.29) is 23.9 Å². The fourth-order valence-electron chi connectivity index (χ4n) is 2.99. The Kier molecular flexibility index (Phi) is 7.34. The minimum atomic E-state index is -3.58. The van der Waals surface area contributed by atoms with Crippen molar-refractivity contribution in [3.8, 4) is 5.75 Å². The topological polar surface area (TPSA) is 79.8 Å². The first-order chi connectivity index (χ1) is 13.9. The van der Waals surface area contributed by atoms with E-state index in [0.29, 0.717) is 48.3 Å². The molecule has 1 fully saturated rings. The molecule has 156 valence electrons. The summed E-state index contributed by atoms with van der Waals surface area (Å²) in [6.07, 6.45) is 3.70. The first-order valence-corrected chi connectivity index (χ1v) is 11.3. The van der Waals surface area contributed by atoms with E-state index in [9.17, 15) is 13.2 Å². The number of halogens is 2. The van der Waals surface area contributed by atoms with E-state index in [1.165, 1.54) is 22.8 Å². The number of aromatic nitrogens is 1. The molecule has 0 spiro atoms. The number of benzene rings is 1. The van der Waals surface area contributed by atoms with E-state index < -0.39 is 10.0 Å². The molecule has 1 saturated heterocycles. The van der Waals surface area contributed by atoms with Gasteiger partial charge in [0.25, 0.3) is 0 Å². The van der Waals surface area contributed by atoms with E-state index in [2.05, 4.69) is 4.98 Å². The van der Waals surface area contributed by atoms with Gasteiger partial charge in [0.2, 0.25) is 15.9 Å². The second-order valence-corrected chi connectivity index (χ2v) is 9.20. The lowest BCUT2D eigenvalue weighted by Gasteiger charge is -2.34. The van der Waals surface area contributed by atoms with Gasteiger partial charge in [-0.3, -0.25) is 9.78 Å². The zero-order chi connectivity index (χ0) is 20.9. The highest BCUT2D eigenvalue weighted by atomic mass is 35.5. The van der Waals surface area contributed by atoms with E-state index in [4.69, 9.17) is 27.9 Å². The average molecular weight is 458 g/mol. The van der Waals surface area contributed by atoms with Gasteiger partial charge in [0.1, 0.15) is 15.7 Å². The summed E-state index contributed by atoms with van der Waals surface area (Å²) >= 11 is 12.0. The molecule has 0 saturated carbocycles. The summed E-state index contributed by atoms with van der Waals surface area (Å²) in [7, 11) is -3.58. The van der Waals surface area contributed by atoms with Gasteiger partial charge in [0, 0.05) is 45.0 Å². The van der Waals surface area contributed by atoms with Crippen molar-refractivity contribution in [1.29, 1.82) is 0 Å². The Labute approximate surface area is 180 Å². The van der Waals surface area contributed by atoms with Crippen molar-refractivity contribution in [2.75, 3.05) is 32.8 Å². The van der Waals surface area contributed by atoms with Gasteiger partial charge in [-0.25, -0.2) is 8.42 Å². The molecule has 1 aromatic carbocycles. The van der Waals surface area contributed by atoms with Gasteiger partial charge in [-0.1, -0.05) is 29.3 Å². The van der Waals surface area contributed by atoms with Crippen LogP contribution in [0.2, 0.25) is 10.0 Å². The van der Waals surface area contributed by atoms with Crippen LogP contribution in [0.1, 0.15) is 12.8 Å². The summed E-state index contributed by atoms with van der Waals surface area (Å²) in [5.41, 5.74) is 0. The minimum Gasteiger partial charge on any atom is -0.492 e. The average Bonchev–Trinajstić information content (AvgIpc) is 2.74. The standard InChI is InChI=1S/C19H21Cl2N3O4S/c20-16-5-1-6-17(19(16)21)28-13-3-7-18(25)23-9-11-24(12-10-23)29(26,27)15-4-2-8-22-14-15/h1-2,4-6,8,14H,3,7,9-13H2. The number of rotatable bonds is 7. The summed E-state index contributed by atoms with van der Waals surface area (Å²) in [6.45, 7) is 1.58. The maximum atomic E-state index is 12.6. The third-order valence-electron chi connectivity index (χ3n) is 4.57. The largest absolute Gasteiger partial charge is 0.492 e. The fourth-order valence-corrected chi connectivity index (χ4v) is 4.72. The van der Waals surface area contributed by atoms with Crippen LogP contribution in [0.5, 0.6) is 5.75 Å². The molecule has 1 amide bonds. The highest BCUT2D eigenvalue weighted by Gasteiger charge is 2.30. The molecule has 1 aliphatic heterocycles. The van der Waals surface area contributed by atoms with Crippen molar-refractivity contribution in [3.63, 3.8) is 0 Å². The van der Waals surface area contributed by atoms with Gasteiger partial charge in [-0.2, -0.15) is 4.31 Å². The summed E-state index contributed by atoms with van der Waals surface area (Å²) in [5, 5.41) is 0.769. The van der Waals surface area contributed by atoms with E-state index in [1.54, 1.807) is 29.2 Å². The van der Waals surface area contributed by atoms with Crippen LogP contribution in [0.15, 0.2) is 47.6 Å². The quantitative estimate of drug-likeness (QED) is 0.596. The van der Waals surface area contributed by atoms with Gasteiger partial charge in [-0.05, 0) is 30.7 Å². The first-order valence-electron chi connectivity index (χ1n) is 9.14. The molecule has 0 radical (unpaired) electrons.